The molecular formula is C9H15NO3. The molecule has 0 atom stereocenters. The van der Waals surface area contributed by atoms with Crippen molar-refractivity contribution in [3.05, 3.63) is 12.2 Å². The molecule has 0 saturated carbocycles. The Balaban J connectivity index is 0. The zero-order valence-electron chi connectivity index (χ0n) is 8.16. The van der Waals surface area contributed by atoms with E-state index in [2.05, 4.69) is 0 Å². The number of Topliss-reactive ketones (excluding diaryl/α,β-unsaturated/α-hetero) is 2. The van der Waals surface area contributed by atoms with E-state index in [0.29, 0.717) is 0 Å². The molecule has 0 aromatic heterocycles. The van der Waals surface area contributed by atoms with Crippen LogP contribution in [0.5, 0.6) is 0 Å². The van der Waals surface area contributed by atoms with E-state index in [1.807, 2.05) is 0 Å². The Bertz CT molecular complexity index is 215. The van der Waals surface area contributed by atoms with Crippen molar-refractivity contribution in [2.75, 3.05) is 0 Å². The quantitative estimate of drug-likeness (QED) is 0.654. The van der Waals surface area contributed by atoms with Gasteiger partial charge in [-0.1, -0.05) is 6.08 Å². The summed E-state index contributed by atoms with van der Waals surface area (Å²) in [6, 6.07) is 0. The van der Waals surface area contributed by atoms with Crippen LogP contribution >= 0.6 is 0 Å². The van der Waals surface area contributed by atoms with Crippen LogP contribution in [0.2, 0.25) is 0 Å². The van der Waals surface area contributed by atoms with E-state index in [-0.39, 0.29) is 18.0 Å². The van der Waals surface area contributed by atoms with Gasteiger partial charge in [0.15, 0.2) is 0 Å². The van der Waals surface area contributed by atoms with Crippen molar-refractivity contribution in [3.8, 4) is 0 Å². The Morgan fingerprint density at radius 2 is 1.54 bits per heavy atom. The molecule has 1 amide bonds. The maximum Gasteiger partial charge on any atom is 0.241 e. The third kappa shape index (κ3) is 37.3. The van der Waals surface area contributed by atoms with Crippen LogP contribution in [-0.2, 0) is 14.4 Å². The van der Waals surface area contributed by atoms with Gasteiger partial charge in [0.2, 0.25) is 5.91 Å². The van der Waals surface area contributed by atoms with Crippen molar-refractivity contribution >= 4 is 17.5 Å². The molecule has 0 aliphatic carbocycles. The van der Waals surface area contributed by atoms with Gasteiger partial charge >= 0.3 is 0 Å². The standard InChI is InChI=1S/C6H9NO2.C3H6O/c1-5(8)3-2-4-6(7)9;1-3(2)4/h2,4H,3H2,1H3,(H2,7,9);1-2H3/b4-2+;. The number of carbonyl (C=O) groups excluding carboxylic acids is 3. The number of amides is 1. The first kappa shape index (κ1) is 14.1. The predicted octanol–water partition coefficient (Wildman–Crippen LogP) is 0.602. The summed E-state index contributed by atoms with van der Waals surface area (Å²) in [6.45, 7) is 4.51. The SMILES string of the molecule is CC(=O)C/C=C/C(N)=O.CC(C)=O. The van der Waals surface area contributed by atoms with Crippen LogP contribution in [0.4, 0.5) is 0 Å². The highest BCUT2D eigenvalue weighted by atomic mass is 16.1. The first-order valence-corrected chi connectivity index (χ1v) is 3.78. The minimum absolute atomic E-state index is 0.0208. The molecule has 0 saturated heterocycles. The van der Waals surface area contributed by atoms with E-state index >= 15 is 0 Å². The average molecular weight is 185 g/mol. The highest BCUT2D eigenvalue weighted by Crippen LogP contribution is 1.82. The molecule has 0 rings (SSSR count). The lowest BCUT2D eigenvalue weighted by molar-refractivity contribution is -0.116. The summed E-state index contributed by atoms with van der Waals surface area (Å²) in [5.41, 5.74) is 4.74. The predicted molar refractivity (Wildman–Crippen MR) is 50.0 cm³/mol. The van der Waals surface area contributed by atoms with E-state index in [4.69, 9.17) is 5.73 Å². The maximum atomic E-state index is 10.2. The molecule has 0 heterocycles. The maximum absolute atomic E-state index is 10.2. The molecule has 0 aromatic carbocycles. The van der Waals surface area contributed by atoms with Crippen LogP contribution in [0, 0.1) is 0 Å². The minimum Gasteiger partial charge on any atom is -0.366 e. The number of rotatable bonds is 3. The van der Waals surface area contributed by atoms with Gasteiger partial charge in [-0.25, -0.2) is 0 Å². The highest BCUT2D eigenvalue weighted by molar-refractivity contribution is 5.87. The lowest BCUT2D eigenvalue weighted by Crippen LogP contribution is -2.05. The number of carbonyl (C=O) groups is 3. The molecule has 2 N–H and O–H groups in total. The van der Waals surface area contributed by atoms with E-state index in [1.165, 1.54) is 32.9 Å². The Morgan fingerprint density at radius 1 is 1.15 bits per heavy atom. The summed E-state index contributed by atoms with van der Waals surface area (Å²) in [5, 5.41) is 0. The van der Waals surface area contributed by atoms with E-state index in [9.17, 15) is 14.4 Å². The van der Waals surface area contributed by atoms with Crippen LogP contribution in [0.1, 0.15) is 27.2 Å². The summed E-state index contributed by atoms with van der Waals surface area (Å²) < 4.78 is 0. The fourth-order valence-corrected chi connectivity index (χ4v) is 0.341. The molecule has 0 unspecified atom stereocenters. The number of nitrogens with two attached hydrogens (primary N) is 1. The molecular weight excluding hydrogens is 170 g/mol. The van der Waals surface area contributed by atoms with E-state index in [1.54, 1.807) is 0 Å². The van der Waals surface area contributed by atoms with Crippen LogP contribution in [0.25, 0.3) is 0 Å². The number of hydrogen-bond acceptors (Lipinski definition) is 3. The van der Waals surface area contributed by atoms with Gasteiger partial charge < -0.3 is 10.5 Å². The second-order valence-corrected chi connectivity index (χ2v) is 2.62. The molecule has 4 heteroatoms. The molecule has 0 spiro atoms. The van der Waals surface area contributed by atoms with Crippen LogP contribution in [-0.4, -0.2) is 17.5 Å². The van der Waals surface area contributed by atoms with Crippen molar-refractivity contribution in [2.45, 2.75) is 27.2 Å². The average Bonchev–Trinajstić information content (AvgIpc) is 1.83. The van der Waals surface area contributed by atoms with Crippen molar-refractivity contribution in [2.24, 2.45) is 5.73 Å². The lowest BCUT2D eigenvalue weighted by Gasteiger charge is -1.81. The van der Waals surface area contributed by atoms with Gasteiger partial charge in [0.05, 0.1) is 0 Å². The fraction of sp³-hybridized carbons (Fsp3) is 0.444. The van der Waals surface area contributed by atoms with Gasteiger partial charge in [-0.15, -0.1) is 0 Å². The summed E-state index contributed by atoms with van der Waals surface area (Å²) >= 11 is 0. The fourth-order valence-electron chi connectivity index (χ4n) is 0.341. The first-order valence-electron chi connectivity index (χ1n) is 3.78. The van der Waals surface area contributed by atoms with Gasteiger partial charge in [0.25, 0.3) is 0 Å². The van der Waals surface area contributed by atoms with Gasteiger partial charge in [0, 0.05) is 6.42 Å². The second-order valence-electron chi connectivity index (χ2n) is 2.62. The number of hydrogen-bond donors (Lipinski definition) is 1. The van der Waals surface area contributed by atoms with Crippen molar-refractivity contribution in [3.63, 3.8) is 0 Å². The molecule has 13 heavy (non-hydrogen) atoms. The normalized spacial score (nSPS) is 8.85. The van der Waals surface area contributed by atoms with E-state index in [0.717, 1.165) is 0 Å². The molecule has 0 radical (unpaired) electrons. The number of ketones is 2. The third-order valence-corrected chi connectivity index (χ3v) is 0.687. The van der Waals surface area contributed by atoms with Crippen LogP contribution in [0.15, 0.2) is 12.2 Å². The molecule has 0 aromatic rings. The highest BCUT2D eigenvalue weighted by Gasteiger charge is 1.86. The second kappa shape index (κ2) is 8.64. The number of allylic oxidation sites excluding steroid dienone is 1. The smallest absolute Gasteiger partial charge is 0.241 e. The zero-order chi connectivity index (χ0) is 10.9. The largest absolute Gasteiger partial charge is 0.366 e. The zero-order valence-corrected chi connectivity index (χ0v) is 8.16. The van der Waals surface area contributed by atoms with Gasteiger partial charge in [-0.2, -0.15) is 0 Å². The molecule has 0 aliphatic heterocycles. The van der Waals surface area contributed by atoms with E-state index < -0.39 is 5.91 Å². The summed E-state index contributed by atoms with van der Waals surface area (Å²) in [4.78, 5) is 29.7. The van der Waals surface area contributed by atoms with Crippen molar-refractivity contribution in [1.82, 2.24) is 0 Å². The Morgan fingerprint density at radius 3 is 1.77 bits per heavy atom. The van der Waals surface area contributed by atoms with Gasteiger partial charge in [-0.3, -0.25) is 9.59 Å². The Hall–Kier alpha value is -1.45. The molecule has 0 fully saturated rings. The Labute approximate surface area is 77.8 Å². The van der Waals surface area contributed by atoms with Gasteiger partial charge in [-0.05, 0) is 26.8 Å². The summed E-state index contributed by atoms with van der Waals surface area (Å²) in [6.07, 6.45) is 2.91. The third-order valence-electron chi connectivity index (χ3n) is 0.687. The Kier molecular flexibility index (Phi) is 9.37. The molecule has 0 aliphatic rings. The van der Waals surface area contributed by atoms with Gasteiger partial charge in [0.1, 0.15) is 11.6 Å². The minimum atomic E-state index is -0.517. The monoisotopic (exact) mass is 185 g/mol. The summed E-state index contributed by atoms with van der Waals surface area (Å²) in [5.74, 6) is -0.330. The van der Waals surface area contributed by atoms with Crippen molar-refractivity contribution in [1.29, 1.82) is 0 Å². The lowest BCUT2D eigenvalue weighted by atomic mass is 10.3. The van der Waals surface area contributed by atoms with Crippen LogP contribution in [0.3, 0.4) is 0 Å². The molecule has 74 valence electrons. The summed E-state index contributed by atoms with van der Waals surface area (Å²) in [7, 11) is 0. The first-order chi connectivity index (χ1) is 5.86. The molecule has 0 bridgehead atoms. The van der Waals surface area contributed by atoms with Crippen LogP contribution < -0.4 is 5.73 Å². The van der Waals surface area contributed by atoms with Crippen molar-refractivity contribution < 1.29 is 14.4 Å². The molecule has 4 nitrogen and oxygen atoms in total. The number of primary amides is 1. The topological polar surface area (TPSA) is 77.2 Å².